The summed E-state index contributed by atoms with van der Waals surface area (Å²) in [5, 5.41) is 3.74. The fourth-order valence-electron chi connectivity index (χ4n) is 4.84. The van der Waals surface area contributed by atoms with Crippen LogP contribution in [-0.4, -0.2) is 30.2 Å². The Balaban J connectivity index is 1.74. The van der Waals surface area contributed by atoms with Gasteiger partial charge in [0.15, 0.2) is 0 Å². The van der Waals surface area contributed by atoms with Crippen molar-refractivity contribution >= 4 is 0 Å². The highest BCUT2D eigenvalue weighted by Gasteiger charge is 2.48. The SMILES string of the molecule is C1CN2C3CC4CC(CC(C4)C2N1)C3. The average molecular weight is 192 g/mol. The third-order valence-electron chi connectivity index (χ3n) is 5.15. The van der Waals surface area contributed by atoms with Crippen molar-refractivity contribution in [1.82, 2.24) is 10.2 Å². The van der Waals surface area contributed by atoms with Gasteiger partial charge in [-0.2, -0.15) is 0 Å². The molecule has 0 spiro atoms. The van der Waals surface area contributed by atoms with Gasteiger partial charge in [-0.15, -0.1) is 0 Å². The first-order valence-electron chi connectivity index (χ1n) is 6.39. The molecule has 2 nitrogen and oxygen atoms in total. The minimum absolute atomic E-state index is 0.773. The van der Waals surface area contributed by atoms with Gasteiger partial charge in [-0.3, -0.25) is 4.90 Å². The first kappa shape index (κ1) is 8.12. The third-order valence-corrected chi connectivity index (χ3v) is 5.15. The smallest absolute Gasteiger partial charge is 0.0629 e. The van der Waals surface area contributed by atoms with E-state index in [0.29, 0.717) is 0 Å². The maximum absolute atomic E-state index is 3.74. The van der Waals surface area contributed by atoms with E-state index in [-0.39, 0.29) is 0 Å². The van der Waals surface area contributed by atoms with Crippen LogP contribution < -0.4 is 5.32 Å². The molecule has 3 saturated heterocycles. The van der Waals surface area contributed by atoms with Gasteiger partial charge in [0.25, 0.3) is 0 Å². The van der Waals surface area contributed by atoms with Crippen molar-refractivity contribution in [2.75, 3.05) is 13.1 Å². The number of rotatable bonds is 0. The predicted octanol–water partition coefficient (Wildman–Crippen LogP) is 1.43. The van der Waals surface area contributed by atoms with Gasteiger partial charge >= 0.3 is 0 Å². The quantitative estimate of drug-likeness (QED) is 0.624. The molecule has 5 aliphatic rings. The van der Waals surface area contributed by atoms with Crippen molar-refractivity contribution in [3.05, 3.63) is 0 Å². The zero-order valence-corrected chi connectivity index (χ0v) is 8.78. The van der Waals surface area contributed by atoms with Gasteiger partial charge in [0.2, 0.25) is 0 Å². The van der Waals surface area contributed by atoms with Crippen molar-refractivity contribution < 1.29 is 0 Å². The second kappa shape index (κ2) is 2.73. The molecule has 5 fully saturated rings. The Morgan fingerprint density at radius 2 is 1.71 bits per heavy atom. The second-order valence-corrected chi connectivity index (χ2v) is 5.96. The number of nitrogens with one attached hydrogen (secondary N) is 1. The molecule has 2 heteroatoms. The molecule has 0 amide bonds. The number of hydrogen-bond donors (Lipinski definition) is 1. The van der Waals surface area contributed by atoms with Crippen LogP contribution in [0.15, 0.2) is 0 Å². The molecule has 0 radical (unpaired) electrons. The third kappa shape index (κ3) is 0.989. The summed E-state index contributed by atoms with van der Waals surface area (Å²) in [4.78, 5) is 2.81. The van der Waals surface area contributed by atoms with Crippen LogP contribution in [0.4, 0.5) is 0 Å². The molecule has 3 aliphatic heterocycles. The highest BCUT2D eigenvalue weighted by Crippen LogP contribution is 2.49. The molecule has 1 N–H and O–H groups in total. The van der Waals surface area contributed by atoms with Gasteiger partial charge in [-0.1, -0.05) is 0 Å². The molecule has 0 aromatic rings. The van der Waals surface area contributed by atoms with Crippen molar-refractivity contribution in [2.45, 2.75) is 44.3 Å². The van der Waals surface area contributed by atoms with Gasteiger partial charge in [-0.05, 0) is 49.9 Å². The summed E-state index contributed by atoms with van der Waals surface area (Å²) >= 11 is 0. The largest absolute Gasteiger partial charge is 0.300 e. The lowest BCUT2D eigenvalue weighted by molar-refractivity contribution is 0.129. The zero-order valence-electron chi connectivity index (χ0n) is 8.78. The summed E-state index contributed by atoms with van der Waals surface area (Å²) in [6, 6.07) is 0.950. The molecule has 0 aromatic carbocycles. The molecule has 2 aliphatic carbocycles. The highest BCUT2D eigenvalue weighted by molar-refractivity contribution is 5.01. The van der Waals surface area contributed by atoms with Gasteiger partial charge in [0.05, 0.1) is 6.17 Å². The van der Waals surface area contributed by atoms with Crippen LogP contribution in [-0.2, 0) is 0 Å². The lowest BCUT2D eigenvalue weighted by Crippen LogP contribution is -2.43. The maximum Gasteiger partial charge on any atom is 0.0629 e. The van der Waals surface area contributed by atoms with Crippen LogP contribution in [0.1, 0.15) is 32.1 Å². The van der Waals surface area contributed by atoms with E-state index in [4.69, 9.17) is 0 Å². The minimum atomic E-state index is 0.773. The van der Waals surface area contributed by atoms with Crippen LogP contribution in [0.25, 0.3) is 0 Å². The van der Waals surface area contributed by atoms with Crippen molar-refractivity contribution in [3.8, 4) is 0 Å². The van der Waals surface area contributed by atoms with E-state index >= 15 is 0 Å². The van der Waals surface area contributed by atoms with E-state index in [1.165, 1.54) is 38.8 Å². The van der Waals surface area contributed by atoms with E-state index in [1.807, 2.05) is 0 Å². The van der Waals surface area contributed by atoms with E-state index in [0.717, 1.165) is 30.0 Å². The minimum Gasteiger partial charge on any atom is -0.300 e. The van der Waals surface area contributed by atoms with Gasteiger partial charge in [-0.25, -0.2) is 0 Å². The Morgan fingerprint density at radius 3 is 2.50 bits per heavy atom. The highest BCUT2D eigenvalue weighted by atomic mass is 15.4. The fraction of sp³-hybridized carbons (Fsp3) is 1.00. The lowest BCUT2D eigenvalue weighted by atomic mass is 9.68. The van der Waals surface area contributed by atoms with E-state index < -0.39 is 0 Å². The van der Waals surface area contributed by atoms with Crippen molar-refractivity contribution in [2.24, 2.45) is 17.8 Å². The molecule has 5 rings (SSSR count). The summed E-state index contributed by atoms with van der Waals surface area (Å²) in [6.07, 6.45) is 8.43. The molecular weight excluding hydrogens is 172 g/mol. The zero-order chi connectivity index (χ0) is 9.12. The first-order valence-corrected chi connectivity index (χ1v) is 6.39. The Hall–Kier alpha value is -0.0800. The van der Waals surface area contributed by atoms with Crippen LogP contribution in [0.5, 0.6) is 0 Å². The maximum atomic E-state index is 3.74. The van der Waals surface area contributed by atoms with E-state index in [1.54, 1.807) is 6.42 Å². The standard InChI is InChI=1S/C12H20N2/c1-2-14-11-6-8-3-9(7-11)5-10(4-8)12(14)13-1/h8-13H,1-7H2. The molecule has 4 bridgehead atoms. The van der Waals surface area contributed by atoms with Gasteiger partial charge < -0.3 is 5.32 Å². The second-order valence-electron chi connectivity index (χ2n) is 5.96. The molecule has 14 heavy (non-hydrogen) atoms. The van der Waals surface area contributed by atoms with Crippen LogP contribution >= 0.6 is 0 Å². The molecule has 2 saturated carbocycles. The van der Waals surface area contributed by atoms with E-state index in [2.05, 4.69) is 10.2 Å². The number of hydrogen-bond acceptors (Lipinski definition) is 2. The van der Waals surface area contributed by atoms with Crippen molar-refractivity contribution in [1.29, 1.82) is 0 Å². The fourth-order valence-corrected chi connectivity index (χ4v) is 4.84. The van der Waals surface area contributed by atoms with Gasteiger partial charge in [0.1, 0.15) is 0 Å². The molecular formula is C12H20N2. The average Bonchev–Trinajstić information content (AvgIpc) is 2.58. The van der Waals surface area contributed by atoms with Crippen LogP contribution in [0, 0.1) is 17.8 Å². The summed E-state index contributed by atoms with van der Waals surface area (Å²) in [7, 11) is 0. The van der Waals surface area contributed by atoms with E-state index in [9.17, 15) is 0 Å². The van der Waals surface area contributed by atoms with Crippen molar-refractivity contribution in [3.63, 3.8) is 0 Å². The predicted molar refractivity (Wildman–Crippen MR) is 55.8 cm³/mol. The monoisotopic (exact) mass is 192 g/mol. The lowest BCUT2D eigenvalue weighted by Gasteiger charge is -2.39. The normalized spacial score (nSPS) is 56.1. The summed E-state index contributed by atoms with van der Waals surface area (Å²) in [5.74, 6) is 3.17. The molecule has 3 heterocycles. The molecule has 78 valence electrons. The van der Waals surface area contributed by atoms with Gasteiger partial charge in [0, 0.05) is 19.1 Å². The number of nitrogens with zero attached hydrogens (tertiary/aromatic N) is 1. The Labute approximate surface area is 86.0 Å². The van der Waals surface area contributed by atoms with Crippen LogP contribution in [0.3, 0.4) is 0 Å². The Morgan fingerprint density at radius 1 is 0.929 bits per heavy atom. The first-order chi connectivity index (χ1) is 6.90. The summed E-state index contributed by atoms with van der Waals surface area (Å²) < 4.78 is 0. The molecule has 3 unspecified atom stereocenters. The summed E-state index contributed by atoms with van der Waals surface area (Å²) in [6.45, 7) is 2.57. The molecule has 0 aromatic heterocycles. The summed E-state index contributed by atoms with van der Waals surface area (Å²) in [5.41, 5.74) is 0. The van der Waals surface area contributed by atoms with Crippen LogP contribution in [0.2, 0.25) is 0 Å². The Bertz CT molecular complexity index is 217. The Kier molecular flexibility index (Phi) is 1.58. The molecule has 3 atom stereocenters. The topological polar surface area (TPSA) is 15.3 Å².